The fourth-order valence-electron chi connectivity index (χ4n) is 2.14. The van der Waals surface area contributed by atoms with Gasteiger partial charge in [-0.05, 0) is 30.5 Å². The molecule has 0 aliphatic rings. The second-order valence-electron chi connectivity index (χ2n) is 5.59. The lowest BCUT2D eigenvalue weighted by molar-refractivity contribution is -0.139. The Morgan fingerprint density at radius 3 is 2.61 bits per heavy atom. The Kier molecular flexibility index (Phi) is 5.10. The van der Waals surface area contributed by atoms with Crippen molar-refractivity contribution in [3.8, 4) is 5.69 Å². The molecule has 1 aromatic heterocycles. The van der Waals surface area contributed by atoms with Crippen LogP contribution in [0.25, 0.3) is 5.69 Å². The van der Waals surface area contributed by atoms with Gasteiger partial charge in [-0.1, -0.05) is 26.0 Å². The molecule has 6 nitrogen and oxygen atoms in total. The number of halogens is 1. The summed E-state index contributed by atoms with van der Waals surface area (Å²) in [6.45, 7) is 3.74. The second kappa shape index (κ2) is 7.04. The summed E-state index contributed by atoms with van der Waals surface area (Å²) < 4.78 is 14.9. The summed E-state index contributed by atoms with van der Waals surface area (Å²) in [6.07, 6.45) is 1.76. The van der Waals surface area contributed by atoms with Crippen LogP contribution in [0.2, 0.25) is 0 Å². The number of amides is 1. The van der Waals surface area contributed by atoms with E-state index >= 15 is 0 Å². The van der Waals surface area contributed by atoms with Crippen LogP contribution in [0.4, 0.5) is 4.39 Å². The number of aliphatic carboxylic acids is 1. The fraction of sp³-hybridized carbons (Fsp3) is 0.312. The first-order valence-corrected chi connectivity index (χ1v) is 7.22. The summed E-state index contributed by atoms with van der Waals surface area (Å²) in [7, 11) is 0. The van der Waals surface area contributed by atoms with E-state index in [2.05, 4.69) is 10.4 Å². The van der Waals surface area contributed by atoms with Crippen molar-refractivity contribution in [1.29, 1.82) is 0 Å². The highest BCUT2D eigenvalue weighted by Gasteiger charge is 2.23. The standard InChI is InChI=1S/C16H18FN3O3/c1-10(2)9-13(16(22)23)18-15(21)12-7-8-20(19-12)14-6-4-3-5-11(14)17/h3-8,10,13H,9H2,1-2H3,(H,18,21)(H,22,23)/t13-/m0/s1. The molecule has 0 spiro atoms. The monoisotopic (exact) mass is 319 g/mol. The smallest absolute Gasteiger partial charge is 0.326 e. The molecule has 0 radical (unpaired) electrons. The maximum Gasteiger partial charge on any atom is 0.326 e. The van der Waals surface area contributed by atoms with Gasteiger partial charge < -0.3 is 10.4 Å². The summed E-state index contributed by atoms with van der Waals surface area (Å²) >= 11 is 0. The molecule has 0 unspecified atom stereocenters. The van der Waals surface area contributed by atoms with Crippen LogP contribution >= 0.6 is 0 Å². The number of rotatable bonds is 6. The Bertz CT molecular complexity index is 712. The zero-order chi connectivity index (χ0) is 17.0. The van der Waals surface area contributed by atoms with Crippen LogP contribution in [0, 0.1) is 11.7 Å². The highest BCUT2D eigenvalue weighted by molar-refractivity contribution is 5.94. The zero-order valence-electron chi connectivity index (χ0n) is 12.9. The molecular formula is C16H18FN3O3. The Morgan fingerprint density at radius 2 is 2.00 bits per heavy atom. The molecule has 0 fully saturated rings. The van der Waals surface area contributed by atoms with Gasteiger partial charge in [0.2, 0.25) is 0 Å². The van der Waals surface area contributed by atoms with E-state index in [-0.39, 0.29) is 17.3 Å². The Hall–Kier alpha value is -2.70. The molecule has 2 rings (SSSR count). The van der Waals surface area contributed by atoms with E-state index in [1.807, 2.05) is 13.8 Å². The number of para-hydroxylation sites is 1. The third kappa shape index (κ3) is 4.15. The van der Waals surface area contributed by atoms with E-state index in [0.717, 1.165) is 0 Å². The molecule has 1 amide bonds. The number of nitrogens with zero attached hydrogens (tertiary/aromatic N) is 2. The first-order valence-electron chi connectivity index (χ1n) is 7.22. The van der Waals surface area contributed by atoms with Crippen molar-refractivity contribution in [3.05, 3.63) is 48.0 Å². The molecule has 0 saturated carbocycles. The SMILES string of the molecule is CC(C)C[C@H](NC(=O)c1ccn(-c2ccccc2F)n1)C(=O)O. The highest BCUT2D eigenvalue weighted by Crippen LogP contribution is 2.12. The number of hydrogen-bond acceptors (Lipinski definition) is 3. The van der Waals surface area contributed by atoms with Gasteiger partial charge in [0, 0.05) is 6.20 Å². The topological polar surface area (TPSA) is 84.2 Å². The lowest BCUT2D eigenvalue weighted by atomic mass is 10.0. The highest BCUT2D eigenvalue weighted by atomic mass is 19.1. The maximum atomic E-state index is 13.7. The lowest BCUT2D eigenvalue weighted by Gasteiger charge is -2.15. The van der Waals surface area contributed by atoms with Crippen molar-refractivity contribution < 1.29 is 19.1 Å². The van der Waals surface area contributed by atoms with Crippen LogP contribution < -0.4 is 5.32 Å². The third-order valence-corrected chi connectivity index (χ3v) is 3.23. The largest absolute Gasteiger partial charge is 0.480 e. The van der Waals surface area contributed by atoms with Crippen molar-refractivity contribution in [3.63, 3.8) is 0 Å². The van der Waals surface area contributed by atoms with Gasteiger partial charge in [0.15, 0.2) is 5.69 Å². The number of carboxylic acids is 1. The van der Waals surface area contributed by atoms with Gasteiger partial charge in [-0.3, -0.25) is 4.79 Å². The Balaban J connectivity index is 2.15. The number of aromatic nitrogens is 2. The van der Waals surface area contributed by atoms with Gasteiger partial charge in [-0.15, -0.1) is 0 Å². The molecular weight excluding hydrogens is 301 g/mol. The molecule has 0 bridgehead atoms. The summed E-state index contributed by atoms with van der Waals surface area (Å²) in [5.74, 6) is -2.05. The average molecular weight is 319 g/mol. The molecule has 7 heteroatoms. The lowest BCUT2D eigenvalue weighted by Crippen LogP contribution is -2.41. The first-order chi connectivity index (χ1) is 10.9. The second-order valence-corrected chi connectivity index (χ2v) is 5.59. The van der Waals surface area contributed by atoms with Crippen molar-refractivity contribution >= 4 is 11.9 Å². The van der Waals surface area contributed by atoms with Gasteiger partial charge in [-0.2, -0.15) is 5.10 Å². The van der Waals surface area contributed by atoms with Crippen LogP contribution in [0.1, 0.15) is 30.8 Å². The van der Waals surface area contributed by atoms with E-state index < -0.39 is 23.7 Å². The van der Waals surface area contributed by atoms with Crippen molar-refractivity contribution in [2.75, 3.05) is 0 Å². The molecule has 2 N–H and O–H groups in total. The minimum Gasteiger partial charge on any atom is -0.480 e. The molecule has 2 aromatic rings. The number of nitrogens with one attached hydrogen (secondary N) is 1. The van der Waals surface area contributed by atoms with Gasteiger partial charge >= 0.3 is 5.97 Å². The molecule has 23 heavy (non-hydrogen) atoms. The van der Waals surface area contributed by atoms with Crippen LogP contribution in [0.5, 0.6) is 0 Å². The quantitative estimate of drug-likeness (QED) is 0.855. The molecule has 122 valence electrons. The van der Waals surface area contributed by atoms with Gasteiger partial charge in [-0.25, -0.2) is 13.9 Å². The fourth-order valence-corrected chi connectivity index (χ4v) is 2.14. The summed E-state index contributed by atoms with van der Waals surface area (Å²) in [5, 5.41) is 15.6. The number of carbonyl (C=O) groups excluding carboxylic acids is 1. The third-order valence-electron chi connectivity index (χ3n) is 3.23. The molecule has 1 heterocycles. The number of hydrogen-bond donors (Lipinski definition) is 2. The van der Waals surface area contributed by atoms with Crippen molar-refractivity contribution in [2.24, 2.45) is 5.92 Å². The van der Waals surface area contributed by atoms with Crippen LogP contribution in [0.3, 0.4) is 0 Å². The van der Waals surface area contributed by atoms with E-state index in [1.54, 1.807) is 12.1 Å². The number of carboxylic acid groups (broad SMARTS) is 1. The predicted molar refractivity (Wildman–Crippen MR) is 81.9 cm³/mol. The first kappa shape index (κ1) is 16.7. The number of benzene rings is 1. The van der Waals surface area contributed by atoms with E-state index in [1.165, 1.54) is 29.1 Å². The van der Waals surface area contributed by atoms with E-state index in [4.69, 9.17) is 5.11 Å². The Labute approximate surface area is 132 Å². The Morgan fingerprint density at radius 1 is 1.30 bits per heavy atom. The molecule has 1 aromatic carbocycles. The normalized spacial score (nSPS) is 12.2. The summed E-state index contributed by atoms with van der Waals surface area (Å²) in [4.78, 5) is 23.3. The molecule has 0 aliphatic carbocycles. The van der Waals surface area contributed by atoms with Crippen LogP contribution in [0.15, 0.2) is 36.5 Å². The molecule has 0 aliphatic heterocycles. The van der Waals surface area contributed by atoms with Crippen LogP contribution in [-0.4, -0.2) is 32.8 Å². The zero-order valence-corrected chi connectivity index (χ0v) is 12.9. The minimum absolute atomic E-state index is 0.0308. The predicted octanol–water partition coefficient (Wildman–Crippen LogP) is 2.24. The van der Waals surface area contributed by atoms with E-state index in [0.29, 0.717) is 6.42 Å². The van der Waals surface area contributed by atoms with Crippen molar-refractivity contribution in [2.45, 2.75) is 26.3 Å². The minimum atomic E-state index is -1.10. The molecule has 0 saturated heterocycles. The summed E-state index contributed by atoms with van der Waals surface area (Å²) in [5.41, 5.74) is 0.242. The van der Waals surface area contributed by atoms with Gasteiger partial charge in [0.25, 0.3) is 5.91 Å². The van der Waals surface area contributed by atoms with Gasteiger partial charge in [0.1, 0.15) is 17.5 Å². The van der Waals surface area contributed by atoms with E-state index in [9.17, 15) is 14.0 Å². The van der Waals surface area contributed by atoms with Gasteiger partial charge in [0.05, 0.1) is 0 Å². The molecule has 1 atom stereocenters. The van der Waals surface area contributed by atoms with Crippen LogP contribution in [-0.2, 0) is 4.79 Å². The number of carbonyl (C=O) groups is 2. The van der Waals surface area contributed by atoms with Crippen molar-refractivity contribution in [1.82, 2.24) is 15.1 Å². The average Bonchev–Trinajstić information content (AvgIpc) is 2.96. The maximum absolute atomic E-state index is 13.7. The summed E-state index contributed by atoms with van der Waals surface area (Å²) in [6, 6.07) is 6.46.